The zero-order valence-corrected chi connectivity index (χ0v) is 12.1. The van der Waals surface area contributed by atoms with Gasteiger partial charge in [0.25, 0.3) is 5.91 Å². The van der Waals surface area contributed by atoms with Gasteiger partial charge in [-0.1, -0.05) is 25.3 Å². The molecule has 0 fully saturated rings. The summed E-state index contributed by atoms with van der Waals surface area (Å²) < 4.78 is 13.8. The van der Waals surface area contributed by atoms with Gasteiger partial charge in [-0.05, 0) is 11.5 Å². The highest BCUT2D eigenvalue weighted by Crippen LogP contribution is 2.25. The molecule has 102 valence electrons. The van der Waals surface area contributed by atoms with Gasteiger partial charge in [0.1, 0.15) is 4.88 Å². The third kappa shape index (κ3) is 3.72. The number of nitrogens with zero attached hydrogens (tertiary/aromatic N) is 2. The molecule has 1 aromatic heterocycles. The fourth-order valence-corrected chi connectivity index (χ4v) is 2.14. The molecular formula is C11H19N3O3S. The first-order chi connectivity index (χ1) is 8.40. The Kier molecular flexibility index (Phi) is 5.18. The molecule has 1 amide bonds. The van der Waals surface area contributed by atoms with Gasteiger partial charge in [-0.2, -0.15) is 0 Å². The predicted octanol–water partition coefficient (Wildman–Crippen LogP) is 1.18. The van der Waals surface area contributed by atoms with E-state index in [1.54, 1.807) is 0 Å². The number of rotatable bonds is 5. The van der Waals surface area contributed by atoms with Gasteiger partial charge in [0, 0.05) is 19.6 Å². The Labute approximate surface area is 111 Å². The number of aromatic nitrogens is 2. The molecule has 0 bridgehead atoms. The van der Waals surface area contributed by atoms with Crippen LogP contribution >= 0.6 is 11.5 Å². The van der Waals surface area contributed by atoms with E-state index in [4.69, 9.17) is 9.47 Å². The molecule has 0 aliphatic carbocycles. The van der Waals surface area contributed by atoms with Crippen molar-refractivity contribution in [2.45, 2.75) is 32.5 Å². The third-order valence-corrected chi connectivity index (χ3v) is 3.08. The number of amides is 1. The zero-order valence-electron chi connectivity index (χ0n) is 11.3. The van der Waals surface area contributed by atoms with Crippen molar-refractivity contribution in [1.29, 1.82) is 0 Å². The maximum absolute atomic E-state index is 12.0. The Morgan fingerprint density at radius 3 is 2.50 bits per heavy atom. The molecule has 18 heavy (non-hydrogen) atoms. The van der Waals surface area contributed by atoms with Gasteiger partial charge < -0.3 is 14.8 Å². The molecule has 7 heteroatoms. The number of hydrogen-bond donors (Lipinski definition) is 1. The number of carbonyl (C=O) groups excluding carboxylic acids is 1. The van der Waals surface area contributed by atoms with Gasteiger partial charge >= 0.3 is 0 Å². The average Bonchev–Trinajstić information content (AvgIpc) is 2.78. The van der Waals surface area contributed by atoms with Crippen LogP contribution < -0.4 is 5.32 Å². The third-order valence-electron chi connectivity index (χ3n) is 2.36. The summed E-state index contributed by atoms with van der Waals surface area (Å²) in [6, 6.07) is 0. The van der Waals surface area contributed by atoms with E-state index in [2.05, 4.69) is 14.9 Å². The van der Waals surface area contributed by atoms with Crippen molar-refractivity contribution in [3.05, 3.63) is 10.6 Å². The van der Waals surface area contributed by atoms with E-state index in [0.29, 0.717) is 10.6 Å². The summed E-state index contributed by atoms with van der Waals surface area (Å²) in [6.45, 7) is 6.27. The fourth-order valence-electron chi connectivity index (χ4n) is 1.35. The minimum absolute atomic E-state index is 0.200. The molecule has 1 heterocycles. The summed E-state index contributed by atoms with van der Waals surface area (Å²) in [5.74, 6) is -0.200. The molecule has 0 aromatic carbocycles. The van der Waals surface area contributed by atoms with Crippen molar-refractivity contribution >= 4 is 17.4 Å². The number of carbonyl (C=O) groups is 1. The van der Waals surface area contributed by atoms with Crippen LogP contribution in [0.25, 0.3) is 0 Å². The van der Waals surface area contributed by atoms with E-state index in [1.807, 2.05) is 20.8 Å². The van der Waals surface area contributed by atoms with E-state index < -0.39 is 6.29 Å². The molecule has 0 spiro atoms. The maximum atomic E-state index is 12.0. The summed E-state index contributed by atoms with van der Waals surface area (Å²) in [7, 11) is 3.05. The van der Waals surface area contributed by atoms with Crippen molar-refractivity contribution in [1.82, 2.24) is 14.9 Å². The van der Waals surface area contributed by atoms with Crippen LogP contribution in [0.5, 0.6) is 0 Å². The first-order valence-corrected chi connectivity index (χ1v) is 6.34. The fraction of sp³-hybridized carbons (Fsp3) is 0.727. The first-order valence-electron chi connectivity index (χ1n) is 5.56. The lowest BCUT2D eigenvalue weighted by Crippen LogP contribution is -2.34. The normalized spacial score (nSPS) is 11.9. The Hall–Kier alpha value is -1.05. The van der Waals surface area contributed by atoms with Crippen molar-refractivity contribution in [3.63, 3.8) is 0 Å². The minimum Gasteiger partial charge on any atom is -0.354 e. The van der Waals surface area contributed by atoms with Crippen LogP contribution in [0, 0.1) is 0 Å². The summed E-state index contributed by atoms with van der Waals surface area (Å²) in [5, 5.41) is 6.76. The van der Waals surface area contributed by atoms with Gasteiger partial charge in [0.2, 0.25) is 0 Å². The second-order valence-electron chi connectivity index (χ2n) is 4.81. The number of hydrogen-bond acceptors (Lipinski definition) is 6. The number of nitrogens with one attached hydrogen (secondary N) is 1. The molecule has 0 unspecified atom stereocenters. The molecule has 6 nitrogen and oxygen atoms in total. The largest absolute Gasteiger partial charge is 0.354 e. The van der Waals surface area contributed by atoms with Gasteiger partial charge in [-0.15, -0.1) is 5.10 Å². The molecular weight excluding hydrogens is 254 g/mol. The van der Waals surface area contributed by atoms with Crippen molar-refractivity contribution in [2.24, 2.45) is 0 Å². The molecule has 0 atom stereocenters. The van der Waals surface area contributed by atoms with Crippen LogP contribution in [0.4, 0.5) is 0 Å². The molecule has 1 N–H and O–H groups in total. The first kappa shape index (κ1) is 15.0. The van der Waals surface area contributed by atoms with Crippen molar-refractivity contribution < 1.29 is 14.3 Å². The molecule has 0 saturated carbocycles. The molecule has 1 rings (SSSR count). The van der Waals surface area contributed by atoms with Crippen molar-refractivity contribution in [2.75, 3.05) is 20.8 Å². The maximum Gasteiger partial charge on any atom is 0.265 e. The van der Waals surface area contributed by atoms with Crippen LogP contribution in [0.2, 0.25) is 0 Å². The van der Waals surface area contributed by atoms with E-state index in [1.165, 1.54) is 14.2 Å². The van der Waals surface area contributed by atoms with Crippen LogP contribution in [0.3, 0.4) is 0 Å². The SMILES string of the molecule is COC(CNC(=O)c1snnc1C(C)(C)C)OC. The standard InChI is InChI=1S/C11H19N3O3S/c1-11(2,3)9-8(18-14-13-9)10(15)12-6-7(16-4)17-5/h7H,6H2,1-5H3,(H,12,15). The van der Waals surface area contributed by atoms with Crippen LogP contribution in [0.1, 0.15) is 36.1 Å². The van der Waals surface area contributed by atoms with Gasteiger partial charge in [-0.25, -0.2) is 0 Å². The van der Waals surface area contributed by atoms with Crippen LogP contribution in [0.15, 0.2) is 0 Å². The Bertz CT molecular complexity index is 396. The molecule has 0 saturated heterocycles. The highest BCUT2D eigenvalue weighted by molar-refractivity contribution is 7.08. The lowest BCUT2D eigenvalue weighted by atomic mass is 9.91. The van der Waals surface area contributed by atoms with Crippen LogP contribution in [-0.2, 0) is 14.9 Å². The number of ether oxygens (including phenoxy) is 2. The topological polar surface area (TPSA) is 73.3 Å². The number of methoxy groups -OCH3 is 2. The molecule has 0 aliphatic rings. The lowest BCUT2D eigenvalue weighted by molar-refractivity contribution is -0.0974. The summed E-state index contributed by atoms with van der Waals surface area (Å²) >= 11 is 1.10. The smallest absolute Gasteiger partial charge is 0.265 e. The van der Waals surface area contributed by atoms with E-state index in [0.717, 1.165) is 11.5 Å². The molecule has 1 aromatic rings. The van der Waals surface area contributed by atoms with Crippen molar-refractivity contribution in [3.8, 4) is 0 Å². The summed E-state index contributed by atoms with van der Waals surface area (Å²) in [6.07, 6.45) is -0.451. The Morgan fingerprint density at radius 2 is 2.00 bits per heavy atom. The quantitative estimate of drug-likeness (QED) is 0.816. The van der Waals surface area contributed by atoms with E-state index in [9.17, 15) is 4.79 Å². The Morgan fingerprint density at radius 1 is 1.39 bits per heavy atom. The van der Waals surface area contributed by atoms with Gasteiger partial charge in [-0.3, -0.25) is 4.79 Å². The van der Waals surface area contributed by atoms with E-state index in [-0.39, 0.29) is 17.9 Å². The highest BCUT2D eigenvalue weighted by Gasteiger charge is 2.26. The lowest BCUT2D eigenvalue weighted by Gasteiger charge is -2.17. The van der Waals surface area contributed by atoms with E-state index >= 15 is 0 Å². The molecule has 0 aliphatic heterocycles. The zero-order chi connectivity index (χ0) is 13.8. The highest BCUT2D eigenvalue weighted by atomic mass is 32.1. The van der Waals surface area contributed by atoms with Crippen LogP contribution in [-0.4, -0.2) is 42.5 Å². The summed E-state index contributed by atoms with van der Waals surface area (Å²) in [4.78, 5) is 12.6. The second-order valence-corrected chi connectivity index (χ2v) is 5.57. The monoisotopic (exact) mass is 273 g/mol. The predicted molar refractivity (Wildman–Crippen MR) is 68.7 cm³/mol. The minimum atomic E-state index is -0.451. The summed E-state index contributed by atoms with van der Waals surface area (Å²) in [5.41, 5.74) is 0.498. The average molecular weight is 273 g/mol. The van der Waals surface area contributed by atoms with Gasteiger partial charge in [0.05, 0.1) is 12.2 Å². The molecule has 0 radical (unpaired) electrons. The Balaban J connectivity index is 2.71. The second kappa shape index (κ2) is 6.21. The van der Waals surface area contributed by atoms with Gasteiger partial charge in [0.15, 0.2) is 6.29 Å².